The van der Waals surface area contributed by atoms with E-state index in [0.29, 0.717) is 6.04 Å². The van der Waals surface area contributed by atoms with Gasteiger partial charge in [0.05, 0.1) is 6.10 Å². The van der Waals surface area contributed by atoms with Gasteiger partial charge in [-0.15, -0.1) is 0 Å². The maximum atomic E-state index is 5.90. The van der Waals surface area contributed by atoms with Crippen LogP contribution in [-0.2, 0) is 6.54 Å². The number of nitrogens with one attached hydrogen (secondary N) is 1. The van der Waals surface area contributed by atoms with E-state index in [9.17, 15) is 0 Å². The van der Waals surface area contributed by atoms with E-state index in [1.54, 1.807) is 0 Å². The van der Waals surface area contributed by atoms with Gasteiger partial charge in [-0.1, -0.05) is 18.2 Å². The Morgan fingerprint density at radius 3 is 2.89 bits per heavy atom. The highest BCUT2D eigenvalue weighted by atomic mass is 16.5. The number of piperidine rings is 1. The standard InChI is InChI=1S/C16H26N2O/c1-13(2)19-16-9-5-4-7-14(16)11-18-10-6-8-15(12-18)17-3/h4-5,7,9,13,15,17H,6,8,10-12H2,1-3H3. The van der Waals surface area contributed by atoms with Crippen LogP contribution in [0.2, 0.25) is 0 Å². The molecule has 0 amide bonds. The fourth-order valence-corrected chi connectivity index (χ4v) is 2.68. The van der Waals surface area contributed by atoms with Crippen LogP contribution in [0.15, 0.2) is 24.3 Å². The molecule has 2 rings (SSSR count). The molecule has 0 aromatic heterocycles. The predicted molar refractivity (Wildman–Crippen MR) is 79.6 cm³/mol. The number of nitrogens with zero attached hydrogens (tertiary/aromatic N) is 1. The first-order valence-electron chi connectivity index (χ1n) is 7.33. The summed E-state index contributed by atoms with van der Waals surface area (Å²) in [6.45, 7) is 7.46. The minimum absolute atomic E-state index is 0.229. The molecule has 1 aromatic carbocycles. The molecular formula is C16H26N2O. The van der Waals surface area contributed by atoms with E-state index < -0.39 is 0 Å². The van der Waals surface area contributed by atoms with Gasteiger partial charge in [0.2, 0.25) is 0 Å². The third-order valence-electron chi connectivity index (χ3n) is 3.64. The number of rotatable bonds is 5. The van der Waals surface area contributed by atoms with Crippen LogP contribution in [0.25, 0.3) is 0 Å². The molecule has 1 saturated heterocycles. The molecule has 1 N–H and O–H groups in total. The lowest BCUT2D eigenvalue weighted by Crippen LogP contribution is -2.43. The Bertz CT molecular complexity index is 392. The molecule has 0 saturated carbocycles. The minimum atomic E-state index is 0.229. The fourth-order valence-electron chi connectivity index (χ4n) is 2.68. The molecule has 0 radical (unpaired) electrons. The molecule has 1 aliphatic heterocycles. The fraction of sp³-hybridized carbons (Fsp3) is 0.625. The molecule has 19 heavy (non-hydrogen) atoms. The van der Waals surface area contributed by atoms with E-state index in [2.05, 4.69) is 49.3 Å². The van der Waals surface area contributed by atoms with E-state index in [-0.39, 0.29) is 6.10 Å². The summed E-state index contributed by atoms with van der Waals surface area (Å²) in [7, 11) is 2.06. The van der Waals surface area contributed by atoms with E-state index in [1.807, 2.05) is 6.07 Å². The zero-order valence-electron chi connectivity index (χ0n) is 12.4. The molecule has 1 unspecified atom stereocenters. The van der Waals surface area contributed by atoms with Crippen molar-refractivity contribution in [3.8, 4) is 5.75 Å². The van der Waals surface area contributed by atoms with Gasteiger partial charge in [0.25, 0.3) is 0 Å². The zero-order valence-corrected chi connectivity index (χ0v) is 12.4. The number of likely N-dealkylation sites (tertiary alicyclic amines) is 1. The number of ether oxygens (including phenoxy) is 1. The van der Waals surface area contributed by atoms with E-state index in [4.69, 9.17) is 4.74 Å². The highest BCUT2D eigenvalue weighted by Crippen LogP contribution is 2.22. The summed E-state index contributed by atoms with van der Waals surface area (Å²) in [5.41, 5.74) is 1.30. The van der Waals surface area contributed by atoms with Crippen LogP contribution in [0.1, 0.15) is 32.3 Å². The number of benzene rings is 1. The van der Waals surface area contributed by atoms with Gasteiger partial charge in [0.15, 0.2) is 0 Å². The number of hydrogen-bond donors (Lipinski definition) is 1. The molecule has 0 spiro atoms. The van der Waals surface area contributed by atoms with Gasteiger partial charge in [0.1, 0.15) is 5.75 Å². The average molecular weight is 262 g/mol. The van der Waals surface area contributed by atoms with Gasteiger partial charge >= 0.3 is 0 Å². The van der Waals surface area contributed by atoms with Crippen LogP contribution < -0.4 is 10.1 Å². The van der Waals surface area contributed by atoms with Crippen molar-refractivity contribution in [3.05, 3.63) is 29.8 Å². The van der Waals surface area contributed by atoms with Crippen molar-refractivity contribution < 1.29 is 4.74 Å². The van der Waals surface area contributed by atoms with Gasteiger partial charge < -0.3 is 10.1 Å². The summed E-state index contributed by atoms with van der Waals surface area (Å²) in [4.78, 5) is 2.52. The van der Waals surface area contributed by atoms with E-state index in [1.165, 1.54) is 24.9 Å². The van der Waals surface area contributed by atoms with Crippen molar-refractivity contribution >= 4 is 0 Å². The molecule has 106 valence electrons. The first kappa shape index (κ1) is 14.4. The van der Waals surface area contributed by atoms with Crippen LogP contribution in [0.5, 0.6) is 5.75 Å². The molecule has 3 nitrogen and oxygen atoms in total. The van der Waals surface area contributed by atoms with E-state index >= 15 is 0 Å². The van der Waals surface area contributed by atoms with Gasteiger partial charge in [0, 0.05) is 24.7 Å². The number of para-hydroxylation sites is 1. The Morgan fingerprint density at radius 2 is 2.16 bits per heavy atom. The highest BCUT2D eigenvalue weighted by Gasteiger charge is 2.19. The summed E-state index contributed by atoms with van der Waals surface area (Å²) in [6, 6.07) is 9.04. The number of hydrogen-bond acceptors (Lipinski definition) is 3. The topological polar surface area (TPSA) is 24.5 Å². The molecule has 1 aliphatic rings. The molecular weight excluding hydrogens is 236 g/mol. The molecule has 3 heteroatoms. The molecule has 0 aliphatic carbocycles. The van der Waals surface area contributed by atoms with Crippen LogP contribution >= 0.6 is 0 Å². The predicted octanol–water partition coefficient (Wildman–Crippen LogP) is 2.66. The first-order valence-corrected chi connectivity index (χ1v) is 7.33. The van der Waals surface area contributed by atoms with Crippen LogP contribution in [0.3, 0.4) is 0 Å². The second-order valence-corrected chi connectivity index (χ2v) is 5.64. The largest absolute Gasteiger partial charge is 0.491 e. The van der Waals surface area contributed by atoms with Crippen molar-refractivity contribution in [2.75, 3.05) is 20.1 Å². The van der Waals surface area contributed by atoms with Gasteiger partial charge in [-0.2, -0.15) is 0 Å². The van der Waals surface area contributed by atoms with Crippen molar-refractivity contribution in [3.63, 3.8) is 0 Å². The van der Waals surface area contributed by atoms with E-state index in [0.717, 1.165) is 18.8 Å². The number of likely N-dealkylation sites (N-methyl/N-ethyl adjacent to an activating group) is 1. The molecule has 1 fully saturated rings. The SMILES string of the molecule is CNC1CCCN(Cc2ccccc2OC(C)C)C1. The summed E-state index contributed by atoms with van der Waals surface area (Å²) in [5.74, 6) is 1.03. The third-order valence-corrected chi connectivity index (χ3v) is 3.64. The van der Waals surface area contributed by atoms with Gasteiger partial charge in [-0.05, 0) is 46.3 Å². The van der Waals surface area contributed by atoms with Crippen LogP contribution in [0, 0.1) is 0 Å². The minimum Gasteiger partial charge on any atom is -0.491 e. The smallest absolute Gasteiger partial charge is 0.124 e. The Labute approximate surface area is 116 Å². The second-order valence-electron chi connectivity index (χ2n) is 5.64. The molecule has 1 atom stereocenters. The second kappa shape index (κ2) is 6.92. The monoisotopic (exact) mass is 262 g/mol. The third kappa shape index (κ3) is 4.22. The zero-order chi connectivity index (χ0) is 13.7. The highest BCUT2D eigenvalue weighted by molar-refractivity contribution is 5.33. The van der Waals surface area contributed by atoms with Crippen LogP contribution in [0.4, 0.5) is 0 Å². The summed E-state index contributed by atoms with van der Waals surface area (Å²) in [5, 5.41) is 3.39. The van der Waals surface area contributed by atoms with Crippen LogP contribution in [-0.4, -0.2) is 37.2 Å². The van der Waals surface area contributed by atoms with Crippen molar-refractivity contribution in [2.24, 2.45) is 0 Å². The lowest BCUT2D eigenvalue weighted by Gasteiger charge is -2.33. The van der Waals surface area contributed by atoms with Crippen molar-refractivity contribution in [1.82, 2.24) is 10.2 Å². The lowest BCUT2D eigenvalue weighted by atomic mass is 10.0. The lowest BCUT2D eigenvalue weighted by molar-refractivity contribution is 0.181. The maximum Gasteiger partial charge on any atom is 0.124 e. The Kier molecular flexibility index (Phi) is 5.23. The van der Waals surface area contributed by atoms with Gasteiger partial charge in [-0.25, -0.2) is 0 Å². The Balaban J connectivity index is 2.01. The maximum absolute atomic E-state index is 5.90. The molecule has 1 aromatic rings. The summed E-state index contributed by atoms with van der Waals surface area (Å²) >= 11 is 0. The Hall–Kier alpha value is -1.06. The first-order chi connectivity index (χ1) is 9.19. The molecule has 0 bridgehead atoms. The summed E-state index contributed by atoms with van der Waals surface area (Å²) in [6.07, 6.45) is 2.79. The van der Waals surface area contributed by atoms with Crippen molar-refractivity contribution in [2.45, 2.75) is 45.4 Å². The quantitative estimate of drug-likeness (QED) is 0.883. The van der Waals surface area contributed by atoms with Crippen molar-refractivity contribution in [1.29, 1.82) is 0 Å². The normalized spacial score (nSPS) is 20.7. The molecule has 1 heterocycles. The Morgan fingerprint density at radius 1 is 1.37 bits per heavy atom. The van der Waals surface area contributed by atoms with Gasteiger partial charge in [-0.3, -0.25) is 4.90 Å². The summed E-state index contributed by atoms with van der Waals surface area (Å²) < 4.78 is 5.90. The average Bonchev–Trinajstić information content (AvgIpc) is 2.41.